The lowest BCUT2D eigenvalue weighted by molar-refractivity contribution is -0.0391. The smallest absolute Gasteiger partial charge is 0.213 e. The molecule has 1 saturated heterocycles. The molecule has 32 heavy (non-hydrogen) atoms. The minimum atomic E-state index is -0.491. The summed E-state index contributed by atoms with van der Waals surface area (Å²) in [4.78, 5) is 18.0. The number of pyridine rings is 1. The minimum Gasteiger partial charge on any atom is -0.481 e. The maximum absolute atomic E-state index is 14.6. The van der Waals surface area contributed by atoms with Gasteiger partial charge in [0, 0.05) is 45.2 Å². The van der Waals surface area contributed by atoms with E-state index in [0.717, 1.165) is 19.3 Å². The van der Waals surface area contributed by atoms with E-state index in [-0.39, 0.29) is 17.5 Å². The van der Waals surface area contributed by atoms with Crippen LogP contribution >= 0.6 is 15.9 Å². The number of hydrogen-bond acceptors (Lipinski definition) is 6. The van der Waals surface area contributed by atoms with Crippen molar-refractivity contribution in [1.82, 2.24) is 14.8 Å². The second-order valence-electron chi connectivity index (χ2n) is 7.69. The van der Waals surface area contributed by atoms with Gasteiger partial charge in [-0.25, -0.2) is 14.1 Å². The Morgan fingerprint density at radius 3 is 2.81 bits per heavy atom. The van der Waals surface area contributed by atoms with Crippen molar-refractivity contribution < 1.29 is 18.7 Å². The highest BCUT2D eigenvalue weighted by atomic mass is 79.9. The molecular weight excluding hydrogens is 479 g/mol. The maximum atomic E-state index is 14.6. The van der Waals surface area contributed by atoms with Gasteiger partial charge in [0.15, 0.2) is 11.6 Å². The lowest BCUT2D eigenvalue weighted by Gasteiger charge is -2.22. The standard InChI is InChI=1S/C23H20BrFN4O3/c1-31-18-8-6-13-20(26)14(10-16(24)21(13)27-18)23(30)12-5-7-17(25)22-15(12)11-29(28-22)19-4-2-3-9-32-19/h5-8,10-11,19H,2-4,9,26H2,1H3. The van der Waals surface area contributed by atoms with Crippen molar-refractivity contribution in [2.24, 2.45) is 0 Å². The minimum absolute atomic E-state index is 0.134. The fraction of sp³-hybridized carbons (Fsp3) is 0.261. The lowest BCUT2D eigenvalue weighted by Crippen LogP contribution is -2.18. The number of ether oxygens (including phenoxy) is 2. The second-order valence-corrected chi connectivity index (χ2v) is 8.54. The molecule has 1 fully saturated rings. The third kappa shape index (κ3) is 3.41. The molecule has 5 rings (SSSR count). The molecule has 7 nitrogen and oxygen atoms in total. The Bertz CT molecular complexity index is 1360. The quantitative estimate of drug-likeness (QED) is 0.314. The number of ketones is 1. The van der Waals surface area contributed by atoms with Crippen molar-refractivity contribution in [3.05, 3.63) is 57.9 Å². The maximum Gasteiger partial charge on any atom is 0.213 e. The summed E-state index contributed by atoms with van der Waals surface area (Å²) in [6.07, 6.45) is 4.21. The average molecular weight is 499 g/mol. The Hall–Kier alpha value is -3.04. The van der Waals surface area contributed by atoms with Crippen LogP contribution in [0.2, 0.25) is 0 Å². The number of aromatic nitrogens is 3. The number of methoxy groups -OCH3 is 1. The molecule has 0 saturated carbocycles. The zero-order valence-corrected chi connectivity index (χ0v) is 18.9. The van der Waals surface area contributed by atoms with Gasteiger partial charge in [0.25, 0.3) is 0 Å². The molecular formula is C23H20BrFN4O3. The molecule has 164 valence electrons. The van der Waals surface area contributed by atoms with Crippen molar-refractivity contribution in [1.29, 1.82) is 0 Å². The molecule has 2 aromatic carbocycles. The molecule has 2 N–H and O–H groups in total. The van der Waals surface area contributed by atoms with E-state index in [1.807, 2.05) is 0 Å². The van der Waals surface area contributed by atoms with Crippen LogP contribution in [0.3, 0.4) is 0 Å². The monoisotopic (exact) mass is 498 g/mol. The normalized spacial score (nSPS) is 16.5. The predicted octanol–water partition coefficient (Wildman–Crippen LogP) is 5.01. The molecule has 1 atom stereocenters. The van der Waals surface area contributed by atoms with Crippen LogP contribution in [-0.2, 0) is 4.74 Å². The van der Waals surface area contributed by atoms with E-state index < -0.39 is 5.82 Å². The number of nitrogens with zero attached hydrogens (tertiary/aromatic N) is 3. The first-order valence-corrected chi connectivity index (χ1v) is 11.0. The molecule has 0 spiro atoms. The summed E-state index contributed by atoms with van der Waals surface area (Å²) in [6, 6.07) is 7.81. The van der Waals surface area contributed by atoms with Gasteiger partial charge in [0.1, 0.15) is 11.7 Å². The van der Waals surface area contributed by atoms with Crippen LogP contribution in [0.25, 0.3) is 21.8 Å². The molecule has 9 heteroatoms. The number of halogens is 2. The van der Waals surface area contributed by atoms with Crippen LogP contribution in [0, 0.1) is 5.82 Å². The van der Waals surface area contributed by atoms with E-state index in [9.17, 15) is 9.18 Å². The van der Waals surface area contributed by atoms with Crippen LogP contribution in [0.4, 0.5) is 10.1 Å². The van der Waals surface area contributed by atoms with E-state index in [0.29, 0.717) is 50.1 Å². The number of nitrogen functional groups attached to an aromatic ring is 1. The zero-order valence-electron chi connectivity index (χ0n) is 17.3. The number of hydrogen-bond donors (Lipinski definition) is 1. The topological polar surface area (TPSA) is 92.3 Å². The number of anilines is 1. The summed E-state index contributed by atoms with van der Waals surface area (Å²) in [5.74, 6) is -0.376. The molecule has 3 heterocycles. The predicted molar refractivity (Wildman–Crippen MR) is 122 cm³/mol. The first kappa shape index (κ1) is 20.8. The van der Waals surface area contributed by atoms with Crippen molar-refractivity contribution >= 4 is 49.2 Å². The van der Waals surface area contributed by atoms with E-state index in [4.69, 9.17) is 15.2 Å². The van der Waals surface area contributed by atoms with Crippen LogP contribution < -0.4 is 10.5 Å². The van der Waals surface area contributed by atoms with Gasteiger partial charge < -0.3 is 15.2 Å². The number of benzene rings is 2. The number of carbonyl (C=O) groups is 1. The Morgan fingerprint density at radius 2 is 2.06 bits per heavy atom. The van der Waals surface area contributed by atoms with Crippen LogP contribution in [0.1, 0.15) is 41.4 Å². The Kier molecular flexibility index (Phi) is 5.30. The molecule has 2 aromatic heterocycles. The van der Waals surface area contributed by atoms with Crippen LogP contribution in [-0.4, -0.2) is 34.3 Å². The molecule has 0 radical (unpaired) electrons. The van der Waals surface area contributed by atoms with Gasteiger partial charge in [-0.2, -0.15) is 5.10 Å². The number of carbonyl (C=O) groups excluding carboxylic acids is 1. The first-order valence-electron chi connectivity index (χ1n) is 10.2. The van der Waals surface area contributed by atoms with E-state index in [1.54, 1.807) is 29.1 Å². The summed E-state index contributed by atoms with van der Waals surface area (Å²) in [6.45, 7) is 0.635. The van der Waals surface area contributed by atoms with Crippen molar-refractivity contribution in [2.45, 2.75) is 25.5 Å². The fourth-order valence-corrected chi connectivity index (χ4v) is 4.60. The second kappa shape index (κ2) is 8.14. The molecule has 1 aliphatic heterocycles. The highest BCUT2D eigenvalue weighted by Gasteiger charge is 2.24. The van der Waals surface area contributed by atoms with Gasteiger partial charge in [-0.3, -0.25) is 4.79 Å². The average Bonchev–Trinajstić information content (AvgIpc) is 3.28. The largest absolute Gasteiger partial charge is 0.481 e. The summed E-state index contributed by atoms with van der Waals surface area (Å²) in [5, 5.41) is 5.42. The van der Waals surface area contributed by atoms with Gasteiger partial charge in [0.05, 0.1) is 18.3 Å². The SMILES string of the molecule is COc1ccc2c(N)c(C(=O)c3ccc(F)c4nn(C5CCCCO5)cc34)cc(Br)c2n1. The Labute approximate surface area is 191 Å². The first-order chi connectivity index (χ1) is 15.5. The fourth-order valence-electron chi connectivity index (χ4n) is 4.07. The van der Waals surface area contributed by atoms with Gasteiger partial charge in [-0.1, -0.05) is 0 Å². The summed E-state index contributed by atoms with van der Waals surface area (Å²) >= 11 is 3.48. The van der Waals surface area contributed by atoms with E-state index in [2.05, 4.69) is 26.0 Å². The number of rotatable bonds is 4. The zero-order chi connectivity index (χ0) is 22.4. The van der Waals surface area contributed by atoms with Gasteiger partial charge >= 0.3 is 0 Å². The molecule has 4 aromatic rings. The van der Waals surface area contributed by atoms with Gasteiger partial charge in [-0.15, -0.1) is 0 Å². The third-order valence-corrected chi connectivity index (χ3v) is 6.35. The van der Waals surface area contributed by atoms with E-state index in [1.165, 1.54) is 19.2 Å². The van der Waals surface area contributed by atoms with Gasteiger partial charge in [0.2, 0.25) is 5.88 Å². The number of fused-ring (bicyclic) bond motifs is 2. The summed E-state index contributed by atoms with van der Waals surface area (Å²) < 4.78 is 27.7. The molecule has 1 aliphatic rings. The van der Waals surface area contributed by atoms with Crippen LogP contribution in [0.15, 0.2) is 41.0 Å². The summed E-state index contributed by atoms with van der Waals surface area (Å²) in [7, 11) is 1.53. The van der Waals surface area contributed by atoms with Crippen molar-refractivity contribution in [2.75, 3.05) is 19.5 Å². The Balaban J connectivity index is 1.63. The lowest BCUT2D eigenvalue weighted by atomic mass is 9.97. The van der Waals surface area contributed by atoms with Crippen LogP contribution in [0.5, 0.6) is 5.88 Å². The number of nitrogens with two attached hydrogens (primary N) is 1. The highest BCUT2D eigenvalue weighted by Crippen LogP contribution is 2.35. The van der Waals surface area contributed by atoms with E-state index >= 15 is 0 Å². The highest BCUT2D eigenvalue weighted by molar-refractivity contribution is 9.10. The Morgan fingerprint density at radius 1 is 1.22 bits per heavy atom. The van der Waals surface area contributed by atoms with Gasteiger partial charge in [-0.05, 0) is 59.5 Å². The molecule has 1 unspecified atom stereocenters. The van der Waals surface area contributed by atoms with Crippen molar-refractivity contribution in [3.63, 3.8) is 0 Å². The van der Waals surface area contributed by atoms with Crippen molar-refractivity contribution in [3.8, 4) is 5.88 Å². The summed E-state index contributed by atoms with van der Waals surface area (Å²) in [5.41, 5.74) is 8.01. The molecule has 0 amide bonds. The molecule has 0 bridgehead atoms. The third-order valence-electron chi connectivity index (χ3n) is 5.74. The molecule has 0 aliphatic carbocycles.